The zero-order valence-corrected chi connectivity index (χ0v) is 14.5. The molecule has 1 amide bonds. The highest BCUT2D eigenvalue weighted by molar-refractivity contribution is 5.97. The van der Waals surface area contributed by atoms with Gasteiger partial charge >= 0.3 is 6.29 Å². The number of hydrogen-bond donors (Lipinski definition) is 2. The topological polar surface area (TPSA) is 98.4 Å². The van der Waals surface area contributed by atoms with Crippen LogP contribution in [0.15, 0.2) is 42.5 Å². The molecular formula is C18H14F2N4O4. The summed E-state index contributed by atoms with van der Waals surface area (Å²) >= 11 is 0. The number of nitrogens with zero attached hydrogens (tertiary/aromatic N) is 2. The van der Waals surface area contributed by atoms with Crippen molar-refractivity contribution in [3.63, 3.8) is 0 Å². The van der Waals surface area contributed by atoms with Crippen molar-refractivity contribution in [3.8, 4) is 28.6 Å². The Morgan fingerprint density at radius 3 is 2.86 bits per heavy atom. The van der Waals surface area contributed by atoms with E-state index in [2.05, 4.69) is 30.0 Å². The van der Waals surface area contributed by atoms with Gasteiger partial charge in [-0.15, -0.1) is 8.78 Å². The zero-order chi connectivity index (χ0) is 19.7. The van der Waals surface area contributed by atoms with Crippen molar-refractivity contribution < 1.29 is 27.8 Å². The van der Waals surface area contributed by atoms with E-state index in [1.165, 1.54) is 18.2 Å². The summed E-state index contributed by atoms with van der Waals surface area (Å²) in [6.45, 7) is -0.0224. The third-order valence-corrected chi connectivity index (χ3v) is 3.97. The molecule has 2 aromatic carbocycles. The SMILES string of the molecule is COc1ccccc1-c1nc(CNC(=O)c2cccc3c2OC(F)(F)O3)n[nH]1. The highest BCUT2D eigenvalue weighted by atomic mass is 19.3. The van der Waals surface area contributed by atoms with E-state index in [1.54, 1.807) is 13.2 Å². The standard InChI is InChI=1S/C18H14F2N4O4/c1-26-12-7-3-2-5-10(12)16-22-14(23-24-16)9-21-17(25)11-6-4-8-13-15(11)28-18(19,20)27-13/h2-8H,9H2,1H3,(H,21,25)(H,22,23,24). The Morgan fingerprint density at radius 2 is 2.04 bits per heavy atom. The number of hydrogen-bond acceptors (Lipinski definition) is 6. The van der Waals surface area contributed by atoms with E-state index >= 15 is 0 Å². The fraction of sp³-hybridized carbons (Fsp3) is 0.167. The minimum atomic E-state index is -3.80. The van der Waals surface area contributed by atoms with Gasteiger partial charge in [0.15, 0.2) is 23.1 Å². The lowest BCUT2D eigenvalue weighted by Gasteiger charge is -2.07. The number of fused-ring (bicyclic) bond motifs is 1. The number of amides is 1. The van der Waals surface area contributed by atoms with Gasteiger partial charge in [0.2, 0.25) is 0 Å². The minimum absolute atomic E-state index is 0.0224. The fourth-order valence-electron chi connectivity index (χ4n) is 2.74. The van der Waals surface area contributed by atoms with E-state index in [-0.39, 0.29) is 23.6 Å². The first-order valence-corrected chi connectivity index (χ1v) is 8.18. The molecule has 28 heavy (non-hydrogen) atoms. The molecule has 2 heterocycles. The molecule has 2 N–H and O–H groups in total. The van der Waals surface area contributed by atoms with E-state index in [1.807, 2.05) is 18.2 Å². The highest BCUT2D eigenvalue weighted by Gasteiger charge is 2.45. The van der Waals surface area contributed by atoms with Crippen molar-refractivity contribution in [2.24, 2.45) is 0 Å². The van der Waals surface area contributed by atoms with Crippen molar-refractivity contribution >= 4 is 5.91 Å². The second-order valence-electron chi connectivity index (χ2n) is 5.78. The number of nitrogens with one attached hydrogen (secondary N) is 2. The number of alkyl halides is 2. The number of carbonyl (C=O) groups is 1. The molecule has 0 saturated heterocycles. The van der Waals surface area contributed by atoms with Gasteiger partial charge in [0.25, 0.3) is 5.91 Å². The largest absolute Gasteiger partial charge is 0.586 e. The van der Waals surface area contributed by atoms with E-state index < -0.39 is 12.2 Å². The summed E-state index contributed by atoms with van der Waals surface area (Å²) in [4.78, 5) is 16.7. The number of benzene rings is 2. The maximum Gasteiger partial charge on any atom is 0.586 e. The smallest absolute Gasteiger partial charge is 0.496 e. The molecule has 0 saturated carbocycles. The van der Waals surface area contributed by atoms with E-state index in [0.717, 1.165) is 0 Å². The Morgan fingerprint density at radius 1 is 1.21 bits per heavy atom. The van der Waals surface area contributed by atoms with Gasteiger partial charge in [0.05, 0.1) is 24.8 Å². The number of H-pyrrole nitrogens is 1. The molecule has 4 rings (SSSR count). The van der Waals surface area contributed by atoms with E-state index in [9.17, 15) is 13.6 Å². The van der Waals surface area contributed by atoms with Crippen LogP contribution in [-0.4, -0.2) is 34.5 Å². The number of para-hydroxylation sites is 2. The van der Waals surface area contributed by atoms with Crippen LogP contribution in [0.1, 0.15) is 16.2 Å². The van der Waals surface area contributed by atoms with Crippen LogP contribution in [0.3, 0.4) is 0 Å². The van der Waals surface area contributed by atoms with Gasteiger partial charge in [-0.05, 0) is 24.3 Å². The van der Waals surface area contributed by atoms with E-state index in [0.29, 0.717) is 23.0 Å². The molecule has 0 bridgehead atoms. The molecule has 0 fully saturated rings. The molecule has 0 atom stereocenters. The maximum absolute atomic E-state index is 13.2. The number of aromatic nitrogens is 3. The maximum atomic E-state index is 13.2. The monoisotopic (exact) mass is 388 g/mol. The van der Waals surface area contributed by atoms with Gasteiger partial charge in [-0.1, -0.05) is 18.2 Å². The van der Waals surface area contributed by atoms with Gasteiger partial charge in [0.1, 0.15) is 5.75 Å². The quantitative estimate of drug-likeness (QED) is 0.698. The second kappa shape index (κ2) is 6.80. The lowest BCUT2D eigenvalue weighted by atomic mass is 10.1. The molecular weight excluding hydrogens is 374 g/mol. The molecule has 3 aromatic rings. The molecule has 1 aromatic heterocycles. The van der Waals surface area contributed by atoms with Crippen LogP contribution < -0.4 is 19.5 Å². The highest BCUT2D eigenvalue weighted by Crippen LogP contribution is 2.43. The Kier molecular flexibility index (Phi) is 4.30. The van der Waals surface area contributed by atoms with Crippen molar-refractivity contribution in [2.45, 2.75) is 12.8 Å². The first kappa shape index (κ1) is 17.7. The Labute approximate surface area is 157 Å². The number of methoxy groups -OCH3 is 1. The average Bonchev–Trinajstić information content (AvgIpc) is 3.28. The van der Waals surface area contributed by atoms with E-state index in [4.69, 9.17) is 4.74 Å². The third-order valence-electron chi connectivity index (χ3n) is 3.97. The van der Waals surface area contributed by atoms with Crippen LogP contribution in [0.25, 0.3) is 11.4 Å². The molecule has 0 aliphatic carbocycles. The van der Waals surface area contributed by atoms with Crippen LogP contribution in [0, 0.1) is 0 Å². The lowest BCUT2D eigenvalue weighted by molar-refractivity contribution is -0.286. The molecule has 0 radical (unpaired) electrons. The molecule has 144 valence electrons. The molecule has 1 aliphatic rings. The molecule has 0 unspecified atom stereocenters. The Bertz CT molecular complexity index is 1040. The number of rotatable bonds is 5. The molecule has 1 aliphatic heterocycles. The number of aromatic amines is 1. The van der Waals surface area contributed by atoms with Crippen molar-refractivity contribution in [1.29, 1.82) is 0 Å². The summed E-state index contributed by atoms with van der Waals surface area (Å²) in [6, 6.07) is 11.3. The number of halogens is 2. The van der Waals surface area contributed by atoms with Crippen LogP contribution in [-0.2, 0) is 6.54 Å². The fourth-order valence-corrected chi connectivity index (χ4v) is 2.74. The lowest BCUT2D eigenvalue weighted by Crippen LogP contribution is -2.27. The first-order chi connectivity index (χ1) is 13.5. The first-order valence-electron chi connectivity index (χ1n) is 8.18. The summed E-state index contributed by atoms with van der Waals surface area (Å²) in [5, 5.41) is 9.39. The van der Waals surface area contributed by atoms with Crippen LogP contribution in [0.2, 0.25) is 0 Å². The van der Waals surface area contributed by atoms with Crippen LogP contribution >= 0.6 is 0 Å². The summed E-state index contributed by atoms with van der Waals surface area (Å²) in [6.07, 6.45) is -3.80. The van der Waals surface area contributed by atoms with Gasteiger partial charge in [-0.3, -0.25) is 9.89 Å². The van der Waals surface area contributed by atoms with Gasteiger partial charge in [0, 0.05) is 0 Å². The van der Waals surface area contributed by atoms with Crippen molar-refractivity contribution in [2.75, 3.05) is 7.11 Å². The minimum Gasteiger partial charge on any atom is -0.496 e. The predicted octanol–water partition coefficient (Wildman–Crippen LogP) is 2.73. The van der Waals surface area contributed by atoms with Crippen molar-refractivity contribution in [1.82, 2.24) is 20.5 Å². The van der Waals surface area contributed by atoms with Crippen LogP contribution in [0.5, 0.6) is 17.2 Å². The Balaban J connectivity index is 1.48. The van der Waals surface area contributed by atoms with Gasteiger partial charge < -0.3 is 19.5 Å². The van der Waals surface area contributed by atoms with Gasteiger partial charge in [-0.25, -0.2) is 4.98 Å². The summed E-state index contributed by atoms with van der Waals surface area (Å²) < 4.78 is 40.5. The Hall–Kier alpha value is -3.69. The third kappa shape index (κ3) is 3.31. The second-order valence-corrected chi connectivity index (χ2v) is 5.78. The number of carbonyl (C=O) groups excluding carboxylic acids is 1. The number of ether oxygens (including phenoxy) is 3. The molecule has 0 spiro atoms. The normalized spacial score (nSPS) is 14.0. The molecule has 10 heteroatoms. The average molecular weight is 388 g/mol. The summed E-state index contributed by atoms with van der Waals surface area (Å²) in [5.41, 5.74) is 0.638. The van der Waals surface area contributed by atoms with Crippen molar-refractivity contribution in [3.05, 3.63) is 53.9 Å². The summed E-state index contributed by atoms with van der Waals surface area (Å²) in [5.74, 6) is 0.265. The zero-order valence-electron chi connectivity index (χ0n) is 14.5. The molecule has 8 nitrogen and oxygen atoms in total. The summed E-state index contributed by atoms with van der Waals surface area (Å²) in [7, 11) is 1.55. The van der Waals surface area contributed by atoms with Gasteiger partial charge in [-0.2, -0.15) is 5.10 Å². The predicted molar refractivity (Wildman–Crippen MR) is 92.2 cm³/mol. The van der Waals surface area contributed by atoms with Crippen LogP contribution in [0.4, 0.5) is 8.78 Å².